The van der Waals surface area contributed by atoms with Gasteiger partial charge >= 0.3 is 0 Å². The summed E-state index contributed by atoms with van der Waals surface area (Å²) < 4.78 is 0. The molecule has 1 saturated heterocycles. The molecule has 3 rings (SSSR count). The van der Waals surface area contributed by atoms with Gasteiger partial charge in [0.15, 0.2) is 0 Å². The monoisotopic (exact) mass is 260 g/mol. The van der Waals surface area contributed by atoms with Crippen LogP contribution in [-0.2, 0) is 9.59 Å². The van der Waals surface area contributed by atoms with Crippen LogP contribution < -0.4 is 20.9 Å². The zero-order valence-electron chi connectivity index (χ0n) is 10.5. The van der Waals surface area contributed by atoms with Gasteiger partial charge in [-0.05, 0) is 12.1 Å². The second-order valence-corrected chi connectivity index (χ2v) is 4.70. The van der Waals surface area contributed by atoms with E-state index in [2.05, 4.69) is 16.0 Å². The van der Waals surface area contributed by atoms with Crippen LogP contribution in [0.5, 0.6) is 0 Å². The molecule has 0 aromatic heterocycles. The summed E-state index contributed by atoms with van der Waals surface area (Å²) in [6.07, 6.45) is 0. The molecule has 1 aromatic carbocycles. The third-order valence-electron chi connectivity index (χ3n) is 3.38. The van der Waals surface area contributed by atoms with Gasteiger partial charge in [-0.1, -0.05) is 12.1 Å². The number of hydrogen-bond acceptors (Lipinski definition) is 4. The predicted molar refractivity (Wildman–Crippen MR) is 72.1 cm³/mol. The zero-order valence-corrected chi connectivity index (χ0v) is 10.5. The maximum atomic E-state index is 12.5. The first-order chi connectivity index (χ1) is 9.25. The van der Waals surface area contributed by atoms with Gasteiger partial charge in [0.25, 0.3) is 0 Å². The van der Waals surface area contributed by atoms with Gasteiger partial charge < -0.3 is 16.0 Å². The average Bonchev–Trinajstić information content (AvgIpc) is 2.46. The Hall–Kier alpha value is -1.92. The molecule has 2 amide bonds. The third kappa shape index (κ3) is 2.32. The van der Waals surface area contributed by atoms with Gasteiger partial charge in [-0.15, -0.1) is 0 Å². The summed E-state index contributed by atoms with van der Waals surface area (Å²) in [5.74, 6) is -0.217. The Morgan fingerprint density at radius 3 is 2.89 bits per heavy atom. The molecule has 0 bridgehead atoms. The Morgan fingerprint density at radius 2 is 2.11 bits per heavy atom. The van der Waals surface area contributed by atoms with Crippen LogP contribution in [-0.4, -0.2) is 44.0 Å². The number of anilines is 2. The number of benzene rings is 1. The first kappa shape index (κ1) is 12.1. The molecule has 0 aliphatic carbocycles. The van der Waals surface area contributed by atoms with Crippen molar-refractivity contribution in [2.75, 3.05) is 36.4 Å². The molecule has 100 valence electrons. The lowest BCUT2D eigenvalue weighted by atomic mass is 10.1. The van der Waals surface area contributed by atoms with E-state index in [0.717, 1.165) is 18.8 Å². The van der Waals surface area contributed by atoms with Gasteiger partial charge in [-0.3, -0.25) is 14.5 Å². The van der Waals surface area contributed by atoms with Crippen molar-refractivity contribution >= 4 is 23.2 Å². The number of amides is 2. The van der Waals surface area contributed by atoms with Crippen molar-refractivity contribution < 1.29 is 9.59 Å². The van der Waals surface area contributed by atoms with E-state index >= 15 is 0 Å². The summed E-state index contributed by atoms with van der Waals surface area (Å²) in [5, 5.41) is 9.13. The quantitative estimate of drug-likeness (QED) is 0.638. The highest BCUT2D eigenvalue weighted by Crippen LogP contribution is 2.29. The molecule has 19 heavy (non-hydrogen) atoms. The van der Waals surface area contributed by atoms with Crippen LogP contribution >= 0.6 is 0 Å². The van der Waals surface area contributed by atoms with Gasteiger partial charge in [0.05, 0.1) is 17.4 Å². The van der Waals surface area contributed by atoms with E-state index in [4.69, 9.17) is 0 Å². The molecule has 1 unspecified atom stereocenters. The third-order valence-corrected chi connectivity index (χ3v) is 3.38. The number of carbonyl (C=O) groups is 2. The van der Waals surface area contributed by atoms with E-state index in [9.17, 15) is 9.59 Å². The normalized spacial score (nSPS) is 22.6. The Labute approximate surface area is 111 Å². The minimum absolute atomic E-state index is 0.0606. The first-order valence-electron chi connectivity index (χ1n) is 6.40. The molecule has 3 N–H and O–H groups in total. The van der Waals surface area contributed by atoms with E-state index in [1.165, 1.54) is 0 Å². The number of piperazine rings is 1. The van der Waals surface area contributed by atoms with E-state index in [1.54, 1.807) is 11.0 Å². The van der Waals surface area contributed by atoms with Crippen molar-refractivity contribution in [3.8, 4) is 0 Å². The molecule has 1 aromatic rings. The molecular formula is C13H16N4O2. The van der Waals surface area contributed by atoms with E-state index in [1.807, 2.05) is 18.2 Å². The highest BCUT2D eigenvalue weighted by Gasteiger charge is 2.31. The van der Waals surface area contributed by atoms with Crippen LogP contribution in [0.4, 0.5) is 11.4 Å². The SMILES string of the molecule is O=C1CN(C(=O)C2CNCCN2)c2ccccc2N1. The maximum absolute atomic E-state index is 12.5. The van der Waals surface area contributed by atoms with Gasteiger partial charge in [-0.2, -0.15) is 0 Å². The molecule has 1 fully saturated rings. The number of fused-ring (bicyclic) bond motifs is 1. The Kier molecular flexibility index (Phi) is 3.18. The Morgan fingerprint density at radius 1 is 1.26 bits per heavy atom. The molecular weight excluding hydrogens is 244 g/mol. The molecule has 0 saturated carbocycles. The fourth-order valence-corrected chi connectivity index (χ4v) is 2.45. The molecule has 6 nitrogen and oxygen atoms in total. The van der Waals surface area contributed by atoms with Crippen LogP contribution in [0.3, 0.4) is 0 Å². The highest BCUT2D eigenvalue weighted by atomic mass is 16.2. The number of nitrogens with zero attached hydrogens (tertiary/aromatic N) is 1. The number of rotatable bonds is 1. The van der Waals surface area contributed by atoms with Crippen molar-refractivity contribution in [1.82, 2.24) is 10.6 Å². The maximum Gasteiger partial charge on any atom is 0.245 e. The number of carbonyl (C=O) groups excluding carboxylic acids is 2. The first-order valence-corrected chi connectivity index (χ1v) is 6.40. The van der Waals surface area contributed by atoms with Crippen LogP contribution in [0.2, 0.25) is 0 Å². The number of para-hydroxylation sites is 2. The lowest BCUT2D eigenvalue weighted by molar-refractivity contribution is -0.123. The van der Waals surface area contributed by atoms with E-state index in [-0.39, 0.29) is 24.4 Å². The molecule has 2 aliphatic heterocycles. The number of nitrogens with one attached hydrogen (secondary N) is 3. The average molecular weight is 260 g/mol. The highest BCUT2D eigenvalue weighted by molar-refractivity contribution is 6.11. The van der Waals surface area contributed by atoms with Crippen LogP contribution in [0.15, 0.2) is 24.3 Å². The Balaban J connectivity index is 1.87. The Bertz CT molecular complexity index is 511. The predicted octanol–water partition coefficient (Wildman–Crippen LogP) is -0.467. The fourth-order valence-electron chi connectivity index (χ4n) is 2.45. The van der Waals surface area contributed by atoms with Gasteiger partial charge in [0.1, 0.15) is 6.54 Å². The molecule has 2 heterocycles. The second kappa shape index (κ2) is 4.99. The van der Waals surface area contributed by atoms with Crippen molar-refractivity contribution in [1.29, 1.82) is 0 Å². The van der Waals surface area contributed by atoms with Crippen LogP contribution in [0.1, 0.15) is 0 Å². The van der Waals surface area contributed by atoms with Crippen molar-refractivity contribution in [3.63, 3.8) is 0 Å². The largest absolute Gasteiger partial charge is 0.323 e. The van der Waals surface area contributed by atoms with Crippen LogP contribution in [0.25, 0.3) is 0 Å². The fraction of sp³-hybridized carbons (Fsp3) is 0.385. The zero-order chi connectivity index (χ0) is 13.2. The molecule has 0 spiro atoms. The van der Waals surface area contributed by atoms with Crippen LogP contribution in [0, 0.1) is 0 Å². The smallest absolute Gasteiger partial charge is 0.245 e. The molecule has 1 atom stereocenters. The van der Waals surface area contributed by atoms with Gasteiger partial charge in [0, 0.05) is 19.6 Å². The number of hydrogen-bond donors (Lipinski definition) is 3. The molecule has 0 radical (unpaired) electrons. The lowest BCUT2D eigenvalue weighted by Crippen LogP contribution is -2.58. The summed E-state index contributed by atoms with van der Waals surface area (Å²) in [7, 11) is 0. The molecule has 2 aliphatic rings. The second-order valence-electron chi connectivity index (χ2n) is 4.70. The minimum atomic E-state index is -0.271. The van der Waals surface area contributed by atoms with Crippen molar-refractivity contribution in [2.45, 2.75) is 6.04 Å². The van der Waals surface area contributed by atoms with Crippen molar-refractivity contribution in [3.05, 3.63) is 24.3 Å². The van der Waals surface area contributed by atoms with E-state index < -0.39 is 0 Å². The lowest BCUT2D eigenvalue weighted by Gasteiger charge is -2.33. The van der Waals surface area contributed by atoms with Gasteiger partial charge in [-0.25, -0.2) is 0 Å². The summed E-state index contributed by atoms with van der Waals surface area (Å²) in [6.45, 7) is 2.30. The summed E-state index contributed by atoms with van der Waals surface area (Å²) in [5.41, 5.74) is 1.45. The summed E-state index contributed by atoms with van der Waals surface area (Å²) in [4.78, 5) is 25.7. The summed E-state index contributed by atoms with van der Waals surface area (Å²) in [6, 6.07) is 7.09. The van der Waals surface area contributed by atoms with Crippen molar-refractivity contribution in [2.24, 2.45) is 0 Å². The standard InChI is InChI=1S/C13H16N4O2/c18-12-8-17(11-4-2-1-3-9(11)16-12)13(19)10-7-14-5-6-15-10/h1-4,10,14-15H,5-8H2,(H,16,18). The topological polar surface area (TPSA) is 73.5 Å². The minimum Gasteiger partial charge on any atom is -0.323 e. The van der Waals surface area contributed by atoms with E-state index in [0.29, 0.717) is 12.2 Å². The molecule has 6 heteroatoms. The van der Waals surface area contributed by atoms with Gasteiger partial charge in [0.2, 0.25) is 11.8 Å². The summed E-state index contributed by atoms with van der Waals surface area (Å²) >= 11 is 0.